The number of non-ortho nitro benzene ring substituents is 1. The number of morpholine rings is 1. The van der Waals surface area contributed by atoms with Gasteiger partial charge in [-0.2, -0.15) is 4.80 Å². The third-order valence-corrected chi connectivity index (χ3v) is 4.48. The molecule has 1 N–H and O–H groups in total. The first-order chi connectivity index (χ1) is 15.1. The first-order valence-electron chi connectivity index (χ1n) is 9.49. The maximum absolute atomic E-state index is 12.1. The first-order valence-corrected chi connectivity index (χ1v) is 9.49. The quantitative estimate of drug-likeness (QED) is 0.440. The largest absolute Gasteiger partial charge is 0.457 e. The maximum Gasteiger partial charge on any atom is 0.270 e. The van der Waals surface area contributed by atoms with Crippen LogP contribution in [-0.4, -0.2) is 57.3 Å². The molecule has 0 spiro atoms. The Kier molecular flexibility index (Phi) is 5.98. The normalized spacial score (nSPS) is 14.1. The number of amides is 1. The average Bonchev–Trinajstić information content (AvgIpc) is 3.44. The summed E-state index contributed by atoms with van der Waals surface area (Å²) in [5, 5.41) is 25.6. The number of tetrazole rings is 1. The number of furan rings is 1. The van der Waals surface area contributed by atoms with E-state index in [1.54, 1.807) is 30.3 Å². The summed E-state index contributed by atoms with van der Waals surface area (Å²) in [7, 11) is 0. The summed E-state index contributed by atoms with van der Waals surface area (Å²) in [5.74, 6) is 1.11. The van der Waals surface area contributed by atoms with E-state index in [1.807, 2.05) is 4.90 Å². The van der Waals surface area contributed by atoms with Gasteiger partial charge in [-0.05, 0) is 23.4 Å². The SMILES string of the molecule is O=C(Cn1nnc(N2CCOCC2)n1)N/C=C/c1ccc(-c2cccc([N+](=O)[O-])c2)o1. The minimum atomic E-state index is -0.462. The van der Waals surface area contributed by atoms with E-state index in [1.165, 1.54) is 23.1 Å². The second-order valence-electron chi connectivity index (χ2n) is 6.63. The van der Waals surface area contributed by atoms with E-state index in [-0.39, 0.29) is 18.1 Å². The van der Waals surface area contributed by atoms with Crippen molar-refractivity contribution < 1.29 is 18.9 Å². The van der Waals surface area contributed by atoms with Gasteiger partial charge in [-0.25, -0.2) is 0 Å². The van der Waals surface area contributed by atoms with E-state index in [4.69, 9.17) is 9.15 Å². The van der Waals surface area contributed by atoms with E-state index in [0.717, 1.165) is 0 Å². The number of rotatable bonds is 7. The lowest BCUT2D eigenvalue weighted by molar-refractivity contribution is -0.384. The van der Waals surface area contributed by atoms with Gasteiger partial charge in [0, 0.05) is 37.0 Å². The highest BCUT2D eigenvalue weighted by molar-refractivity contribution is 5.77. The van der Waals surface area contributed by atoms with Crippen molar-refractivity contribution in [2.75, 3.05) is 31.2 Å². The van der Waals surface area contributed by atoms with Crippen LogP contribution in [0.3, 0.4) is 0 Å². The van der Waals surface area contributed by atoms with Gasteiger partial charge in [0.15, 0.2) is 0 Å². The van der Waals surface area contributed by atoms with Crippen LogP contribution in [0.5, 0.6) is 0 Å². The topological polar surface area (TPSA) is 141 Å². The number of carbonyl (C=O) groups excluding carboxylic acids is 1. The van der Waals surface area contributed by atoms with Crippen molar-refractivity contribution in [3.8, 4) is 11.3 Å². The summed E-state index contributed by atoms with van der Waals surface area (Å²) >= 11 is 0. The fourth-order valence-electron chi connectivity index (χ4n) is 2.95. The number of anilines is 1. The summed E-state index contributed by atoms with van der Waals surface area (Å²) in [6.45, 7) is 2.49. The summed E-state index contributed by atoms with van der Waals surface area (Å²) in [4.78, 5) is 25.7. The van der Waals surface area contributed by atoms with Crippen LogP contribution in [0.2, 0.25) is 0 Å². The number of nitrogens with one attached hydrogen (secondary N) is 1. The zero-order valence-electron chi connectivity index (χ0n) is 16.4. The smallest absolute Gasteiger partial charge is 0.270 e. The molecule has 1 aliphatic rings. The number of aromatic nitrogens is 4. The van der Waals surface area contributed by atoms with Crippen LogP contribution in [0, 0.1) is 10.1 Å². The van der Waals surface area contributed by atoms with Gasteiger partial charge in [0.1, 0.15) is 18.1 Å². The predicted molar refractivity (Wildman–Crippen MR) is 109 cm³/mol. The van der Waals surface area contributed by atoms with Crippen molar-refractivity contribution in [2.24, 2.45) is 0 Å². The average molecular weight is 425 g/mol. The number of hydrogen-bond donors (Lipinski definition) is 1. The number of nitrogens with zero attached hydrogens (tertiary/aromatic N) is 6. The van der Waals surface area contributed by atoms with E-state index in [2.05, 4.69) is 20.7 Å². The molecule has 3 aromatic rings. The highest BCUT2D eigenvalue weighted by Gasteiger charge is 2.16. The molecular weight excluding hydrogens is 406 g/mol. The molecule has 0 aliphatic carbocycles. The molecule has 4 rings (SSSR count). The van der Waals surface area contributed by atoms with Crippen LogP contribution in [0.25, 0.3) is 17.4 Å². The van der Waals surface area contributed by atoms with Crippen LogP contribution in [0.1, 0.15) is 5.76 Å². The third-order valence-electron chi connectivity index (χ3n) is 4.48. The molecule has 160 valence electrons. The van der Waals surface area contributed by atoms with E-state index >= 15 is 0 Å². The fourth-order valence-corrected chi connectivity index (χ4v) is 2.95. The minimum absolute atomic E-state index is 0.0169. The van der Waals surface area contributed by atoms with Gasteiger partial charge in [0.2, 0.25) is 5.91 Å². The van der Waals surface area contributed by atoms with Gasteiger partial charge in [0.05, 0.1) is 18.1 Å². The molecule has 0 atom stereocenters. The van der Waals surface area contributed by atoms with Crippen molar-refractivity contribution in [3.63, 3.8) is 0 Å². The van der Waals surface area contributed by atoms with E-state index < -0.39 is 4.92 Å². The Morgan fingerprint density at radius 3 is 2.90 bits per heavy atom. The van der Waals surface area contributed by atoms with Gasteiger partial charge in [0.25, 0.3) is 11.6 Å². The van der Waals surface area contributed by atoms with Crippen LogP contribution >= 0.6 is 0 Å². The van der Waals surface area contributed by atoms with Crippen LogP contribution in [0.4, 0.5) is 11.6 Å². The Morgan fingerprint density at radius 2 is 2.10 bits per heavy atom. The van der Waals surface area contributed by atoms with Crippen molar-refractivity contribution >= 4 is 23.6 Å². The van der Waals surface area contributed by atoms with Crippen molar-refractivity contribution in [3.05, 3.63) is 58.5 Å². The number of nitro groups is 1. The van der Waals surface area contributed by atoms with Gasteiger partial charge >= 0.3 is 0 Å². The molecule has 1 fully saturated rings. The van der Waals surface area contributed by atoms with Crippen molar-refractivity contribution in [1.82, 2.24) is 25.5 Å². The summed E-state index contributed by atoms with van der Waals surface area (Å²) in [6, 6.07) is 9.56. The van der Waals surface area contributed by atoms with Crippen molar-refractivity contribution in [1.29, 1.82) is 0 Å². The monoisotopic (exact) mass is 425 g/mol. The standard InChI is InChI=1S/C19H19N7O5/c27-18(13-25-22-19(21-23-25)24-8-10-30-11-9-24)20-7-6-16-4-5-17(31-16)14-2-1-3-15(12-14)26(28)29/h1-7,12H,8-11,13H2,(H,20,27)/b7-6+. The lowest BCUT2D eigenvalue weighted by Crippen LogP contribution is -2.37. The Bertz CT molecular complexity index is 1100. The summed E-state index contributed by atoms with van der Waals surface area (Å²) < 4.78 is 10.9. The van der Waals surface area contributed by atoms with Crippen LogP contribution < -0.4 is 10.2 Å². The maximum atomic E-state index is 12.1. The zero-order chi connectivity index (χ0) is 21.6. The molecular formula is C19H19N7O5. The molecule has 0 saturated carbocycles. The summed E-state index contributed by atoms with van der Waals surface area (Å²) in [6.07, 6.45) is 3.02. The molecule has 1 saturated heterocycles. The van der Waals surface area contributed by atoms with Gasteiger partial charge in [-0.1, -0.05) is 17.2 Å². The number of benzene rings is 1. The molecule has 12 nitrogen and oxygen atoms in total. The lowest BCUT2D eigenvalue weighted by Gasteiger charge is -2.24. The van der Waals surface area contributed by atoms with E-state index in [0.29, 0.717) is 49.3 Å². The first kappa shape index (κ1) is 20.2. The number of nitro benzene ring substituents is 1. The van der Waals surface area contributed by atoms with Crippen molar-refractivity contribution in [2.45, 2.75) is 6.54 Å². The molecule has 0 bridgehead atoms. The Hall–Kier alpha value is -4.06. The van der Waals surface area contributed by atoms with Gasteiger partial charge in [-0.3, -0.25) is 14.9 Å². The molecule has 2 aromatic heterocycles. The third kappa shape index (κ3) is 5.11. The number of carbonyl (C=O) groups is 1. The Labute approximate surface area is 176 Å². The van der Waals surface area contributed by atoms with Gasteiger partial charge < -0.3 is 19.4 Å². The number of hydrogen-bond acceptors (Lipinski definition) is 9. The summed E-state index contributed by atoms with van der Waals surface area (Å²) in [5.41, 5.74) is 0.572. The molecule has 12 heteroatoms. The fraction of sp³-hybridized carbons (Fsp3) is 0.263. The minimum Gasteiger partial charge on any atom is -0.457 e. The second-order valence-corrected chi connectivity index (χ2v) is 6.63. The van der Waals surface area contributed by atoms with Crippen LogP contribution in [-0.2, 0) is 16.1 Å². The van der Waals surface area contributed by atoms with E-state index in [9.17, 15) is 14.9 Å². The molecule has 1 aliphatic heterocycles. The zero-order valence-corrected chi connectivity index (χ0v) is 16.4. The molecule has 0 radical (unpaired) electrons. The molecule has 1 amide bonds. The Balaban J connectivity index is 1.31. The highest BCUT2D eigenvalue weighted by Crippen LogP contribution is 2.26. The van der Waals surface area contributed by atoms with Gasteiger partial charge in [-0.15, -0.1) is 5.10 Å². The molecule has 3 heterocycles. The molecule has 1 aromatic carbocycles. The second kappa shape index (κ2) is 9.17. The number of ether oxygens (including phenoxy) is 1. The molecule has 0 unspecified atom stereocenters. The predicted octanol–water partition coefficient (Wildman–Crippen LogP) is 1.47. The highest BCUT2D eigenvalue weighted by atomic mass is 16.6. The Morgan fingerprint density at radius 1 is 1.26 bits per heavy atom. The lowest BCUT2D eigenvalue weighted by atomic mass is 10.1. The molecule has 31 heavy (non-hydrogen) atoms. The van der Waals surface area contributed by atoms with Crippen LogP contribution in [0.15, 0.2) is 47.0 Å².